The van der Waals surface area contributed by atoms with Crippen LogP contribution in [0.3, 0.4) is 0 Å². The quantitative estimate of drug-likeness (QED) is 0.671. The minimum Gasteiger partial charge on any atom is -0.490 e. The Balaban J connectivity index is 2.39. The molecule has 0 fully saturated rings. The van der Waals surface area contributed by atoms with Crippen LogP contribution in [0.25, 0.3) is 0 Å². The molecule has 150 valence electrons. The molecule has 2 N–H and O–H groups in total. The highest BCUT2D eigenvalue weighted by atomic mass is 16.5. The molecule has 0 saturated carbocycles. The lowest BCUT2D eigenvalue weighted by atomic mass is 10.1. The molecular weight excluding hydrogens is 362 g/mol. The second-order valence-corrected chi connectivity index (χ2v) is 5.89. The van der Waals surface area contributed by atoms with Gasteiger partial charge in [0.1, 0.15) is 0 Å². The third-order valence-electron chi connectivity index (χ3n) is 3.90. The summed E-state index contributed by atoms with van der Waals surface area (Å²) in [4.78, 5) is 24.1. The number of carboxylic acid groups (broad SMARTS) is 1. The van der Waals surface area contributed by atoms with Gasteiger partial charge in [-0.2, -0.15) is 0 Å². The van der Waals surface area contributed by atoms with E-state index in [0.717, 1.165) is 0 Å². The first-order valence-electron chi connectivity index (χ1n) is 9.12. The Morgan fingerprint density at radius 2 is 1.50 bits per heavy atom. The Morgan fingerprint density at radius 3 is 2.00 bits per heavy atom. The largest absolute Gasteiger partial charge is 0.490 e. The standard InChI is InChI=1S/C21H25NO6/c1-5-26-17-10-14(11-18(27-6-2)19(17)28-7-3)20(23)22-15-9-8-13(4)16(12-15)21(24)25/h8-12H,5-7H2,1-4H3,(H,22,23)(H,24,25). The van der Waals surface area contributed by atoms with Crippen molar-refractivity contribution in [3.05, 3.63) is 47.0 Å². The SMILES string of the molecule is CCOc1cc(C(=O)Nc2ccc(C)c(C(=O)O)c2)cc(OCC)c1OCC. The van der Waals surface area contributed by atoms with Crippen LogP contribution < -0.4 is 19.5 Å². The molecule has 2 aromatic carbocycles. The van der Waals surface area contributed by atoms with E-state index in [4.69, 9.17) is 14.2 Å². The number of hydrogen-bond acceptors (Lipinski definition) is 5. The van der Waals surface area contributed by atoms with Gasteiger partial charge in [-0.25, -0.2) is 4.79 Å². The number of aryl methyl sites for hydroxylation is 1. The van der Waals surface area contributed by atoms with Crippen LogP contribution in [0.2, 0.25) is 0 Å². The van der Waals surface area contributed by atoms with Crippen LogP contribution in [-0.2, 0) is 0 Å². The number of carbonyl (C=O) groups is 2. The first-order chi connectivity index (χ1) is 13.4. The molecule has 0 spiro atoms. The summed E-state index contributed by atoms with van der Waals surface area (Å²) in [6.07, 6.45) is 0. The summed E-state index contributed by atoms with van der Waals surface area (Å²) in [5, 5.41) is 12.0. The lowest BCUT2D eigenvalue weighted by Crippen LogP contribution is -2.14. The molecule has 7 nitrogen and oxygen atoms in total. The molecule has 0 aliphatic carbocycles. The molecule has 0 heterocycles. The van der Waals surface area contributed by atoms with Crippen molar-refractivity contribution in [2.45, 2.75) is 27.7 Å². The Hall–Kier alpha value is -3.22. The van der Waals surface area contributed by atoms with E-state index in [2.05, 4.69) is 5.32 Å². The lowest BCUT2D eigenvalue weighted by molar-refractivity contribution is 0.0695. The molecule has 0 aliphatic rings. The highest BCUT2D eigenvalue weighted by Crippen LogP contribution is 2.39. The molecule has 0 aliphatic heterocycles. The number of rotatable bonds is 9. The van der Waals surface area contributed by atoms with E-state index in [9.17, 15) is 14.7 Å². The lowest BCUT2D eigenvalue weighted by Gasteiger charge is -2.17. The molecule has 1 amide bonds. The number of carboxylic acids is 1. The van der Waals surface area contributed by atoms with Gasteiger partial charge in [0, 0.05) is 11.3 Å². The summed E-state index contributed by atoms with van der Waals surface area (Å²) in [7, 11) is 0. The average Bonchev–Trinajstić information content (AvgIpc) is 2.65. The van der Waals surface area contributed by atoms with Crippen LogP contribution in [0.5, 0.6) is 17.2 Å². The van der Waals surface area contributed by atoms with E-state index in [1.165, 1.54) is 6.07 Å². The maximum Gasteiger partial charge on any atom is 0.336 e. The van der Waals surface area contributed by atoms with E-state index >= 15 is 0 Å². The molecular formula is C21H25NO6. The van der Waals surface area contributed by atoms with Crippen molar-refractivity contribution in [1.29, 1.82) is 0 Å². The predicted molar refractivity (Wildman–Crippen MR) is 106 cm³/mol. The number of carbonyl (C=O) groups excluding carboxylic acids is 1. The van der Waals surface area contributed by atoms with Crippen LogP contribution in [0.1, 0.15) is 47.1 Å². The Bertz CT molecular complexity index is 835. The van der Waals surface area contributed by atoms with Crippen molar-refractivity contribution in [2.75, 3.05) is 25.1 Å². The maximum atomic E-state index is 12.8. The molecule has 28 heavy (non-hydrogen) atoms. The van der Waals surface area contributed by atoms with Gasteiger partial charge in [0.15, 0.2) is 11.5 Å². The number of hydrogen-bond donors (Lipinski definition) is 2. The van der Waals surface area contributed by atoms with Gasteiger partial charge in [-0.05, 0) is 57.5 Å². The second-order valence-electron chi connectivity index (χ2n) is 5.89. The number of aromatic carboxylic acids is 1. The fourth-order valence-electron chi connectivity index (χ4n) is 2.65. The minimum atomic E-state index is -1.05. The molecule has 2 rings (SSSR count). The first kappa shape index (κ1) is 21.1. The first-order valence-corrected chi connectivity index (χ1v) is 9.12. The highest BCUT2D eigenvalue weighted by molar-refractivity contribution is 6.05. The molecule has 0 unspecified atom stereocenters. The summed E-state index contributed by atoms with van der Waals surface area (Å²) < 4.78 is 16.9. The van der Waals surface area contributed by atoms with E-state index < -0.39 is 11.9 Å². The van der Waals surface area contributed by atoms with Crippen molar-refractivity contribution < 1.29 is 28.9 Å². The van der Waals surface area contributed by atoms with E-state index in [1.54, 1.807) is 31.2 Å². The summed E-state index contributed by atoms with van der Waals surface area (Å²) in [6.45, 7) is 8.44. The van der Waals surface area contributed by atoms with E-state index in [1.807, 2.05) is 20.8 Å². The molecule has 0 atom stereocenters. The van der Waals surface area contributed by atoms with Crippen molar-refractivity contribution in [2.24, 2.45) is 0 Å². The summed E-state index contributed by atoms with van der Waals surface area (Å²) in [5.41, 5.74) is 1.45. The van der Waals surface area contributed by atoms with Crippen LogP contribution in [0.15, 0.2) is 30.3 Å². The minimum absolute atomic E-state index is 0.134. The van der Waals surface area contributed by atoms with Gasteiger partial charge >= 0.3 is 5.97 Å². The Morgan fingerprint density at radius 1 is 0.929 bits per heavy atom. The van der Waals surface area contributed by atoms with Crippen molar-refractivity contribution in [3.63, 3.8) is 0 Å². The predicted octanol–water partition coefficient (Wildman–Crippen LogP) is 4.14. The van der Waals surface area contributed by atoms with Gasteiger partial charge in [-0.1, -0.05) is 6.07 Å². The fraction of sp³-hybridized carbons (Fsp3) is 0.333. The zero-order valence-electron chi connectivity index (χ0n) is 16.5. The molecule has 2 aromatic rings. The zero-order valence-corrected chi connectivity index (χ0v) is 16.5. The van der Waals surface area contributed by atoms with Crippen molar-refractivity contribution in [3.8, 4) is 17.2 Å². The van der Waals surface area contributed by atoms with Crippen LogP contribution in [-0.4, -0.2) is 36.8 Å². The van der Waals surface area contributed by atoms with E-state index in [0.29, 0.717) is 53.9 Å². The van der Waals surface area contributed by atoms with Gasteiger partial charge in [-0.3, -0.25) is 4.79 Å². The van der Waals surface area contributed by atoms with Crippen LogP contribution in [0.4, 0.5) is 5.69 Å². The normalized spacial score (nSPS) is 10.3. The third-order valence-corrected chi connectivity index (χ3v) is 3.90. The second kappa shape index (κ2) is 9.64. The van der Waals surface area contributed by atoms with Gasteiger partial charge in [0.25, 0.3) is 5.91 Å². The number of nitrogens with one attached hydrogen (secondary N) is 1. The van der Waals surface area contributed by atoms with E-state index in [-0.39, 0.29) is 5.56 Å². The zero-order chi connectivity index (χ0) is 20.7. The van der Waals surface area contributed by atoms with Gasteiger partial charge < -0.3 is 24.6 Å². The van der Waals surface area contributed by atoms with Crippen LogP contribution in [0, 0.1) is 6.92 Å². The molecule has 0 saturated heterocycles. The highest BCUT2D eigenvalue weighted by Gasteiger charge is 2.19. The van der Waals surface area contributed by atoms with Crippen molar-refractivity contribution >= 4 is 17.6 Å². The summed E-state index contributed by atoms with van der Waals surface area (Å²) in [5.74, 6) is -0.186. The number of anilines is 1. The molecule has 0 aromatic heterocycles. The number of benzene rings is 2. The summed E-state index contributed by atoms with van der Waals surface area (Å²) in [6, 6.07) is 7.89. The van der Waals surface area contributed by atoms with Gasteiger partial charge in [0.05, 0.1) is 25.4 Å². The maximum absolute atomic E-state index is 12.8. The Kier molecular flexibility index (Phi) is 7.26. The van der Waals surface area contributed by atoms with Gasteiger partial charge in [0.2, 0.25) is 5.75 Å². The third kappa shape index (κ3) is 4.94. The smallest absolute Gasteiger partial charge is 0.336 e. The molecule has 0 bridgehead atoms. The fourth-order valence-corrected chi connectivity index (χ4v) is 2.65. The number of ether oxygens (including phenoxy) is 3. The monoisotopic (exact) mass is 387 g/mol. The molecule has 0 radical (unpaired) electrons. The van der Waals surface area contributed by atoms with Gasteiger partial charge in [-0.15, -0.1) is 0 Å². The molecule has 7 heteroatoms. The summed E-state index contributed by atoms with van der Waals surface area (Å²) >= 11 is 0. The Labute approximate surface area is 164 Å². The average molecular weight is 387 g/mol. The number of amides is 1. The topological polar surface area (TPSA) is 94.1 Å². The van der Waals surface area contributed by atoms with Crippen LogP contribution >= 0.6 is 0 Å². The van der Waals surface area contributed by atoms with Crippen molar-refractivity contribution in [1.82, 2.24) is 0 Å².